The molecular weight excluding hydrogens is 795 g/mol. The van der Waals surface area contributed by atoms with Crippen LogP contribution in [0.2, 0.25) is 0 Å². The summed E-state index contributed by atoms with van der Waals surface area (Å²) in [6, 6.07) is 9.90. The van der Waals surface area contributed by atoms with E-state index in [1.54, 1.807) is 28.8 Å². The lowest BCUT2D eigenvalue weighted by molar-refractivity contribution is -0.0443. The molecule has 0 fully saturated rings. The molecule has 2 aliphatic carbocycles. The standard InChI is InChI=1S/C17H11F5N2O3S.C16H12F3N3O4S/c18-9-3-8(7-23)4-10(5-9)27-13-1-2-14(28(25,26)17(20,21)22)15-11(13)6-12(19)16(15)24;17-16(18,19)27(24,25)13-6-5-11(9-3-4-10(23)14(9)13)26-12-2-1-7-22-8-20-21-15(12)22/h1-5,12,16H,6,24H2;1-2,5-8,10,23H,3-4H2/t12-,16+;10-/m11/s1. The van der Waals surface area contributed by atoms with Gasteiger partial charge in [-0.1, -0.05) is 0 Å². The third kappa shape index (κ3) is 7.15. The van der Waals surface area contributed by atoms with Gasteiger partial charge in [0.1, 0.15) is 35.6 Å². The smallest absolute Gasteiger partial charge is 0.457 e. The van der Waals surface area contributed by atoms with Gasteiger partial charge in [-0.15, -0.1) is 10.2 Å². The molecule has 2 aromatic heterocycles. The van der Waals surface area contributed by atoms with E-state index in [1.807, 2.05) is 0 Å². The number of sulfone groups is 2. The SMILES string of the molecule is N#Cc1cc(F)cc(Oc2ccc(S(=O)(=O)C(F)(F)F)c3c2C[C@@H](F)[C@@H]3N)c1.O=S(=O)(c1ccc(Oc2cccn3cnnc23)c2c1[C@H](O)CC2)C(F)(F)F. The Morgan fingerprint density at radius 3 is 2.11 bits per heavy atom. The molecule has 12 nitrogen and oxygen atoms in total. The average molecular weight is 818 g/mol. The molecule has 22 heteroatoms. The highest BCUT2D eigenvalue weighted by Crippen LogP contribution is 2.47. The average Bonchev–Trinajstić information content (AvgIpc) is 3.82. The molecule has 0 saturated carbocycles. The number of aliphatic hydroxyl groups is 1. The van der Waals surface area contributed by atoms with Crippen molar-refractivity contribution in [1.29, 1.82) is 5.26 Å². The number of aliphatic hydroxyl groups excluding tert-OH is 1. The molecule has 0 unspecified atom stereocenters. The Balaban J connectivity index is 0.000000187. The van der Waals surface area contributed by atoms with Crippen molar-refractivity contribution in [3.8, 4) is 29.1 Å². The molecule has 2 heterocycles. The fraction of sp³-hybridized carbons (Fsp3) is 0.242. The normalized spacial score (nSPS) is 18.2. The summed E-state index contributed by atoms with van der Waals surface area (Å²) < 4.78 is 166. The van der Waals surface area contributed by atoms with Crippen LogP contribution in [0.15, 0.2) is 76.9 Å². The Hall–Kier alpha value is -5.37. The molecule has 0 spiro atoms. The molecule has 0 amide bonds. The topological polar surface area (TPSA) is 187 Å². The van der Waals surface area contributed by atoms with Crippen LogP contribution in [0.4, 0.5) is 35.1 Å². The summed E-state index contributed by atoms with van der Waals surface area (Å²) in [7, 11) is -11.4. The number of hydrogen-bond donors (Lipinski definition) is 2. The minimum absolute atomic E-state index is 0.0806. The van der Waals surface area contributed by atoms with E-state index < -0.39 is 76.6 Å². The lowest BCUT2D eigenvalue weighted by Gasteiger charge is -2.17. The monoisotopic (exact) mass is 817 g/mol. The van der Waals surface area contributed by atoms with E-state index in [0.29, 0.717) is 17.5 Å². The molecule has 290 valence electrons. The first-order valence-corrected chi connectivity index (χ1v) is 18.5. The predicted octanol–water partition coefficient (Wildman–Crippen LogP) is 6.47. The molecule has 0 radical (unpaired) electrons. The highest BCUT2D eigenvalue weighted by atomic mass is 32.2. The van der Waals surface area contributed by atoms with E-state index in [4.69, 9.17) is 20.5 Å². The van der Waals surface area contributed by atoms with Gasteiger partial charge in [0, 0.05) is 35.4 Å². The maximum absolute atomic E-state index is 14.1. The molecule has 2 aliphatic rings. The van der Waals surface area contributed by atoms with Gasteiger partial charge >= 0.3 is 11.0 Å². The maximum atomic E-state index is 14.1. The fourth-order valence-corrected chi connectivity index (χ4v) is 8.21. The summed E-state index contributed by atoms with van der Waals surface area (Å²) in [6.45, 7) is 0. The van der Waals surface area contributed by atoms with Crippen molar-refractivity contribution in [2.75, 3.05) is 0 Å². The molecule has 7 rings (SSSR count). The molecule has 3 aromatic carbocycles. The number of pyridine rings is 1. The highest BCUT2D eigenvalue weighted by molar-refractivity contribution is 7.92. The predicted molar refractivity (Wildman–Crippen MR) is 172 cm³/mol. The Bertz CT molecular complexity index is 2590. The van der Waals surface area contributed by atoms with Gasteiger partial charge in [-0.05, 0) is 66.9 Å². The van der Waals surface area contributed by atoms with Gasteiger partial charge in [0.15, 0.2) is 5.75 Å². The number of aromatic nitrogens is 3. The van der Waals surface area contributed by atoms with Gasteiger partial charge in [0.25, 0.3) is 19.7 Å². The van der Waals surface area contributed by atoms with Crippen molar-refractivity contribution in [3.05, 3.63) is 101 Å². The number of halogens is 8. The van der Waals surface area contributed by atoms with Crippen LogP contribution in [0.5, 0.6) is 23.0 Å². The van der Waals surface area contributed by atoms with E-state index in [1.165, 1.54) is 6.33 Å². The van der Waals surface area contributed by atoms with Gasteiger partial charge in [-0.25, -0.2) is 25.6 Å². The number of ether oxygens (including phenoxy) is 2. The highest BCUT2D eigenvalue weighted by Gasteiger charge is 2.51. The summed E-state index contributed by atoms with van der Waals surface area (Å²) >= 11 is 0. The van der Waals surface area contributed by atoms with E-state index in [0.717, 1.165) is 36.4 Å². The number of alkyl halides is 7. The lowest BCUT2D eigenvalue weighted by Crippen LogP contribution is -2.26. The van der Waals surface area contributed by atoms with Gasteiger partial charge in [0.05, 0.1) is 33.6 Å². The number of nitrogens with zero attached hydrogens (tertiary/aromatic N) is 4. The number of nitriles is 1. The van der Waals surface area contributed by atoms with Crippen molar-refractivity contribution in [2.24, 2.45) is 5.73 Å². The molecule has 0 saturated heterocycles. The molecule has 0 bridgehead atoms. The summed E-state index contributed by atoms with van der Waals surface area (Å²) in [5, 5.41) is 26.6. The van der Waals surface area contributed by atoms with Crippen LogP contribution in [-0.2, 0) is 32.5 Å². The number of fused-ring (bicyclic) bond motifs is 3. The summed E-state index contributed by atoms with van der Waals surface area (Å²) in [6.07, 6.45) is -0.199. The Labute approximate surface area is 305 Å². The molecule has 3 N–H and O–H groups in total. The quantitative estimate of drug-likeness (QED) is 0.179. The summed E-state index contributed by atoms with van der Waals surface area (Å²) in [5.74, 6) is -0.687. The lowest BCUT2D eigenvalue weighted by atomic mass is 10.1. The van der Waals surface area contributed by atoms with Gasteiger partial charge in [0.2, 0.25) is 5.65 Å². The van der Waals surface area contributed by atoms with Crippen LogP contribution < -0.4 is 15.2 Å². The van der Waals surface area contributed by atoms with E-state index in [9.17, 15) is 57.1 Å². The van der Waals surface area contributed by atoms with Crippen LogP contribution in [0.25, 0.3) is 5.65 Å². The van der Waals surface area contributed by atoms with Gasteiger partial charge < -0.3 is 20.3 Å². The minimum atomic E-state index is -5.77. The van der Waals surface area contributed by atoms with E-state index in [-0.39, 0.29) is 52.3 Å². The second kappa shape index (κ2) is 14.0. The zero-order valence-corrected chi connectivity index (χ0v) is 28.9. The minimum Gasteiger partial charge on any atom is -0.457 e. The van der Waals surface area contributed by atoms with Crippen LogP contribution in [0, 0.1) is 17.1 Å². The summed E-state index contributed by atoms with van der Waals surface area (Å²) in [4.78, 5) is -2.09. The summed E-state index contributed by atoms with van der Waals surface area (Å²) in [5.41, 5.74) is -5.88. The van der Waals surface area contributed by atoms with Crippen LogP contribution in [-0.4, -0.2) is 53.7 Å². The first-order chi connectivity index (χ1) is 25.7. The maximum Gasteiger partial charge on any atom is 0.501 e. The van der Waals surface area contributed by atoms with Crippen molar-refractivity contribution in [3.63, 3.8) is 0 Å². The van der Waals surface area contributed by atoms with Crippen molar-refractivity contribution in [2.45, 2.75) is 58.4 Å². The second-order valence-electron chi connectivity index (χ2n) is 12.0. The van der Waals surface area contributed by atoms with Crippen molar-refractivity contribution >= 4 is 25.3 Å². The molecule has 0 aliphatic heterocycles. The largest absolute Gasteiger partial charge is 0.501 e. The van der Waals surface area contributed by atoms with Crippen LogP contribution >= 0.6 is 0 Å². The molecule has 3 atom stereocenters. The van der Waals surface area contributed by atoms with Gasteiger partial charge in [-0.3, -0.25) is 4.40 Å². The molecule has 5 aromatic rings. The first-order valence-electron chi connectivity index (χ1n) is 15.5. The second-order valence-corrected chi connectivity index (χ2v) is 15.9. The molecule has 55 heavy (non-hydrogen) atoms. The zero-order chi connectivity index (χ0) is 40.2. The van der Waals surface area contributed by atoms with E-state index in [2.05, 4.69) is 10.2 Å². The Morgan fingerprint density at radius 1 is 0.873 bits per heavy atom. The Morgan fingerprint density at radius 2 is 1.49 bits per heavy atom. The number of hydrogen-bond acceptors (Lipinski definition) is 11. The third-order valence-corrected chi connectivity index (χ3v) is 11.7. The van der Waals surface area contributed by atoms with Gasteiger partial charge in [-0.2, -0.15) is 31.6 Å². The van der Waals surface area contributed by atoms with Crippen molar-refractivity contribution < 1.29 is 66.5 Å². The number of nitrogens with two attached hydrogens (primary N) is 1. The first kappa shape index (κ1) is 39.3. The number of rotatable bonds is 6. The van der Waals surface area contributed by atoms with Crippen LogP contribution in [0.1, 0.15) is 46.4 Å². The zero-order valence-electron chi connectivity index (χ0n) is 27.3. The fourth-order valence-electron chi connectivity index (χ4n) is 6.12. The van der Waals surface area contributed by atoms with E-state index >= 15 is 0 Å². The molecular formula is C33H23F8N5O7S2. The third-order valence-electron chi connectivity index (χ3n) is 8.60. The number of benzene rings is 3. The van der Waals surface area contributed by atoms with Crippen molar-refractivity contribution in [1.82, 2.24) is 14.6 Å². The Kier molecular flexibility index (Phi) is 10.0. The van der Waals surface area contributed by atoms with Crippen LogP contribution in [0.3, 0.4) is 0 Å².